The summed E-state index contributed by atoms with van der Waals surface area (Å²) in [6, 6.07) is -0.175. The Labute approximate surface area is 192 Å². The molecule has 0 bridgehead atoms. The maximum absolute atomic E-state index is 11.8. The minimum Gasteiger partial charge on any atom is -0.390 e. The number of halogens is 1. The van der Waals surface area contributed by atoms with E-state index in [4.69, 9.17) is 4.74 Å². The zero-order valence-electron chi connectivity index (χ0n) is 18.2. The van der Waals surface area contributed by atoms with Gasteiger partial charge >= 0.3 is 0 Å². The van der Waals surface area contributed by atoms with Gasteiger partial charge in [-0.15, -0.1) is 0 Å². The predicted octanol–water partition coefficient (Wildman–Crippen LogP) is 6.18. The highest BCUT2D eigenvalue weighted by molar-refractivity contribution is 14.1. The fourth-order valence-electron chi connectivity index (χ4n) is 5.78. The second-order valence-corrected chi connectivity index (χ2v) is 10.8. The van der Waals surface area contributed by atoms with Crippen LogP contribution in [0, 0.1) is 11.8 Å². The van der Waals surface area contributed by atoms with Crippen molar-refractivity contribution in [3.8, 4) is 0 Å². The summed E-state index contributed by atoms with van der Waals surface area (Å²) in [5.41, 5.74) is 0. The van der Waals surface area contributed by atoms with Crippen LogP contribution in [0.3, 0.4) is 0 Å². The molecule has 29 heavy (non-hydrogen) atoms. The van der Waals surface area contributed by atoms with Crippen LogP contribution in [0.25, 0.3) is 0 Å². The normalized spacial score (nSPS) is 34.4. The second-order valence-electron chi connectivity index (χ2n) is 9.79. The fourth-order valence-corrected chi connectivity index (χ4v) is 6.50. The van der Waals surface area contributed by atoms with Crippen molar-refractivity contribution in [2.24, 2.45) is 11.8 Å². The first-order chi connectivity index (χ1) is 14.1. The molecular formula is C24H42INO3. The van der Waals surface area contributed by atoms with E-state index in [1.807, 2.05) is 22.9 Å². The molecule has 0 aromatic rings. The Hall–Kier alpha value is 0.120. The van der Waals surface area contributed by atoms with Gasteiger partial charge in [0.15, 0.2) is 0 Å². The number of nitrogens with zero attached hydrogens (tertiary/aromatic N) is 1. The summed E-state index contributed by atoms with van der Waals surface area (Å²) in [5, 5.41) is 10.1. The number of aliphatic hydroxyl groups excluding tert-OH is 1. The average Bonchev–Trinajstić information content (AvgIpc) is 3.03. The molecule has 5 heteroatoms. The number of ether oxygens (including phenoxy) is 1. The van der Waals surface area contributed by atoms with Crippen molar-refractivity contribution in [2.45, 2.75) is 127 Å². The van der Waals surface area contributed by atoms with Gasteiger partial charge in [0.2, 0.25) is 5.91 Å². The van der Waals surface area contributed by atoms with Crippen LogP contribution in [0.5, 0.6) is 0 Å². The largest absolute Gasteiger partial charge is 0.390 e. The highest BCUT2D eigenvalue weighted by atomic mass is 127. The van der Waals surface area contributed by atoms with Crippen molar-refractivity contribution in [1.29, 1.82) is 0 Å². The van der Waals surface area contributed by atoms with Gasteiger partial charge in [0.25, 0.3) is 0 Å². The van der Waals surface area contributed by atoms with E-state index in [1.165, 1.54) is 89.9 Å². The van der Waals surface area contributed by atoms with Crippen LogP contribution in [0.2, 0.25) is 0 Å². The summed E-state index contributed by atoms with van der Waals surface area (Å²) in [6.45, 7) is 0.479. The summed E-state index contributed by atoms with van der Waals surface area (Å²) < 4.78 is 7.88. The molecule has 4 unspecified atom stereocenters. The van der Waals surface area contributed by atoms with Crippen LogP contribution >= 0.6 is 22.9 Å². The van der Waals surface area contributed by atoms with Gasteiger partial charge in [-0.2, -0.15) is 0 Å². The molecule has 1 N–H and O–H groups in total. The minimum atomic E-state index is -0.576. The molecule has 0 aromatic heterocycles. The fraction of sp³-hybridized carbons (Fsp3) is 0.958. The molecule has 4 nitrogen and oxygen atoms in total. The molecule has 2 saturated carbocycles. The standard InChI is InChI=1S/C24H42INO3/c25-26-22(23(27)17-24(26)28)18-29-21-15-9-8-13-20(14-10-16-21)19-11-6-4-2-1-3-5-7-12-19/h19-23,27H,1-18H2. The molecule has 4 atom stereocenters. The van der Waals surface area contributed by atoms with Crippen LogP contribution in [0.15, 0.2) is 0 Å². The van der Waals surface area contributed by atoms with Crippen molar-refractivity contribution in [3.63, 3.8) is 0 Å². The van der Waals surface area contributed by atoms with Crippen LogP contribution in [-0.4, -0.2) is 39.0 Å². The number of hydrogen-bond donors (Lipinski definition) is 1. The van der Waals surface area contributed by atoms with Gasteiger partial charge in [0.1, 0.15) is 0 Å². The lowest BCUT2D eigenvalue weighted by atomic mass is 9.78. The smallest absolute Gasteiger partial charge is 0.234 e. The third-order valence-electron chi connectivity index (χ3n) is 7.63. The Bertz CT molecular complexity index is 479. The molecule has 1 aliphatic heterocycles. The third kappa shape index (κ3) is 7.64. The Morgan fingerprint density at radius 3 is 1.86 bits per heavy atom. The minimum absolute atomic E-state index is 0.0229. The molecule has 168 valence electrons. The van der Waals surface area contributed by atoms with E-state index < -0.39 is 6.10 Å². The van der Waals surface area contributed by atoms with E-state index in [1.54, 1.807) is 3.11 Å². The van der Waals surface area contributed by atoms with Gasteiger partial charge < -0.3 is 9.84 Å². The Morgan fingerprint density at radius 1 is 0.793 bits per heavy atom. The molecule has 1 heterocycles. The number of carbonyl (C=O) groups excluding carboxylic acids is 1. The van der Waals surface area contributed by atoms with Crippen LogP contribution in [0.1, 0.15) is 109 Å². The van der Waals surface area contributed by atoms with Crippen molar-refractivity contribution in [1.82, 2.24) is 3.11 Å². The maximum Gasteiger partial charge on any atom is 0.234 e. The second kappa shape index (κ2) is 12.8. The van der Waals surface area contributed by atoms with Crippen molar-refractivity contribution in [3.05, 3.63) is 0 Å². The zero-order valence-corrected chi connectivity index (χ0v) is 20.4. The first-order valence-corrected chi connectivity index (χ1v) is 13.4. The molecule has 0 radical (unpaired) electrons. The topological polar surface area (TPSA) is 49.8 Å². The van der Waals surface area contributed by atoms with E-state index in [0.717, 1.165) is 24.7 Å². The molecule has 3 aliphatic rings. The van der Waals surface area contributed by atoms with E-state index in [2.05, 4.69) is 0 Å². The first kappa shape index (κ1) is 23.8. The first-order valence-electron chi connectivity index (χ1n) is 12.4. The molecule has 1 saturated heterocycles. The maximum atomic E-state index is 11.8. The quantitative estimate of drug-likeness (QED) is 0.356. The lowest BCUT2D eigenvalue weighted by Crippen LogP contribution is -2.35. The number of rotatable bonds is 4. The van der Waals surface area contributed by atoms with Gasteiger partial charge in [0.05, 0.1) is 54.1 Å². The lowest BCUT2D eigenvalue weighted by Gasteiger charge is -2.28. The highest BCUT2D eigenvalue weighted by Gasteiger charge is 2.38. The summed E-state index contributed by atoms with van der Waals surface area (Å²) >= 11 is 2.03. The predicted molar refractivity (Wildman–Crippen MR) is 126 cm³/mol. The Balaban J connectivity index is 1.44. The van der Waals surface area contributed by atoms with E-state index >= 15 is 0 Å². The third-order valence-corrected chi connectivity index (χ3v) is 8.88. The van der Waals surface area contributed by atoms with Crippen molar-refractivity contribution in [2.75, 3.05) is 6.61 Å². The number of aliphatic hydroxyl groups is 1. The summed E-state index contributed by atoms with van der Waals surface area (Å²) in [5.74, 6) is 1.90. The Kier molecular flexibility index (Phi) is 10.5. The molecule has 3 rings (SSSR count). The van der Waals surface area contributed by atoms with Gasteiger partial charge in [-0.1, -0.05) is 89.9 Å². The molecule has 0 spiro atoms. The van der Waals surface area contributed by atoms with Crippen molar-refractivity contribution < 1.29 is 14.6 Å². The summed E-state index contributed by atoms with van der Waals surface area (Å²) in [4.78, 5) is 11.8. The SMILES string of the molecule is O=C1CC(O)C(COC2CCCCC(C3CCCCCCCCC3)CCC2)N1I. The number of carbonyl (C=O) groups is 1. The highest BCUT2D eigenvalue weighted by Crippen LogP contribution is 2.35. The summed E-state index contributed by atoms with van der Waals surface area (Å²) in [7, 11) is 0. The monoisotopic (exact) mass is 519 g/mol. The van der Waals surface area contributed by atoms with E-state index in [9.17, 15) is 9.90 Å². The van der Waals surface area contributed by atoms with Crippen LogP contribution in [-0.2, 0) is 9.53 Å². The molecule has 3 fully saturated rings. The van der Waals surface area contributed by atoms with Crippen molar-refractivity contribution >= 4 is 28.8 Å². The molecular weight excluding hydrogens is 477 g/mol. The number of amides is 1. The summed E-state index contributed by atoms with van der Waals surface area (Å²) in [6.07, 6.45) is 21.9. The van der Waals surface area contributed by atoms with Crippen LogP contribution < -0.4 is 0 Å². The van der Waals surface area contributed by atoms with Crippen LogP contribution in [0.4, 0.5) is 0 Å². The zero-order chi connectivity index (χ0) is 20.5. The molecule has 2 aliphatic carbocycles. The van der Waals surface area contributed by atoms with Gasteiger partial charge in [-0.3, -0.25) is 7.91 Å². The Morgan fingerprint density at radius 2 is 1.28 bits per heavy atom. The lowest BCUT2D eigenvalue weighted by molar-refractivity contribution is -0.123. The van der Waals surface area contributed by atoms with Gasteiger partial charge in [0, 0.05) is 0 Å². The molecule has 0 aromatic carbocycles. The van der Waals surface area contributed by atoms with Gasteiger partial charge in [-0.25, -0.2) is 0 Å². The van der Waals surface area contributed by atoms with E-state index in [0.29, 0.717) is 12.7 Å². The molecule has 1 amide bonds. The average molecular weight is 520 g/mol. The van der Waals surface area contributed by atoms with E-state index in [-0.39, 0.29) is 18.4 Å². The van der Waals surface area contributed by atoms with Gasteiger partial charge in [-0.05, 0) is 24.7 Å². The number of hydrogen-bond acceptors (Lipinski definition) is 3.